The average molecular weight is 423 g/mol. The molecule has 0 fully saturated rings. The van der Waals surface area contributed by atoms with Crippen molar-refractivity contribution in [1.29, 1.82) is 0 Å². The van der Waals surface area contributed by atoms with Gasteiger partial charge in [0.25, 0.3) is 0 Å². The van der Waals surface area contributed by atoms with E-state index in [1.54, 1.807) is 24.3 Å². The summed E-state index contributed by atoms with van der Waals surface area (Å²) in [6, 6.07) is 6.73. The van der Waals surface area contributed by atoms with Gasteiger partial charge in [0.2, 0.25) is 0 Å². The van der Waals surface area contributed by atoms with Crippen LogP contribution in [-0.4, -0.2) is 11.1 Å². The number of aromatic carboxylic acids is 1. The molecule has 0 heterocycles. The maximum atomic E-state index is 10.8. The summed E-state index contributed by atoms with van der Waals surface area (Å²) in [7, 11) is 1.50. The van der Waals surface area contributed by atoms with Crippen molar-refractivity contribution in [1.82, 2.24) is 0 Å². The zero-order valence-electron chi connectivity index (χ0n) is 9.90. The van der Waals surface area contributed by atoms with Crippen molar-refractivity contribution in [2.24, 2.45) is 0 Å². The van der Waals surface area contributed by atoms with Crippen LogP contribution in [0.4, 0.5) is 0 Å². The Morgan fingerprint density at radius 2 is 2.27 bits per heavy atom. The van der Waals surface area contributed by atoms with Crippen LogP contribution in [0.3, 0.4) is 0 Å². The molecule has 1 aromatic carbocycles. The second kappa shape index (κ2) is 8.87. The Kier molecular flexibility index (Phi) is 9.33. The van der Waals surface area contributed by atoms with Crippen molar-refractivity contribution in [3.05, 3.63) is 29.8 Å². The quantitative estimate of drug-likeness (QED) is 0.411. The van der Waals surface area contributed by atoms with Crippen molar-refractivity contribution in [2.75, 3.05) is 0 Å². The van der Waals surface area contributed by atoms with Gasteiger partial charge in [0.15, 0.2) is 0 Å². The smallest absolute Gasteiger partial charge is 1.00 e. The molecule has 0 unspecified atom stereocenters. The van der Waals surface area contributed by atoms with Crippen LogP contribution in [-0.2, 0) is 23.1 Å². The van der Waals surface area contributed by atoms with Gasteiger partial charge in [0, 0.05) is 0 Å². The summed E-state index contributed by atoms with van der Waals surface area (Å²) < 4.78 is 6.60. The molecule has 0 bridgehead atoms. The number of para-hydroxylation sites is 1. The molecule has 1 N–H and O–H groups in total. The molecule has 0 atom stereocenters. The zero-order valence-corrected chi connectivity index (χ0v) is 17.2. The predicted octanol–water partition coefficient (Wildman–Crippen LogP) is -0.0360. The van der Waals surface area contributed by atoms with E-state index in [2.05, 4.69) is 6.92 Å². The minimum absolute atomic E-state index is 0. The summed E-state index contributed by atoms with van der Waals surface area (Å²) in [6.07, 6.45) is 0. The van der Waals surface area contributed by atoms with Crippen molar-refractivity contribution in [3.63, 3.8) is 0 Å². The topological polar surface area (TPSA) is 46.5 Å². The van der Waals surface area contributed by atoms with Gasteiger partial charge >= 0.3 is 128 Å². The summed E-state index contributed by atoms with van der Waals surface area (Å²) in [5.41, 5.74) is 0.240. The Labute approximate surface area is 128 Å². The molecule has 0 saturated carbocycles. The van der Waals surface area contributed by atoms with Crippen molar-refractivity contribution in [2.45, 2.75) is 10.9 Å². The van der Waals surface area contributed by atoms with Crippen LogP contribution >= 0.6 is 8.52 Å². The Morgan fingerprint density at radius 3 is 2.87 bits per heavy atom. The van der Waals surface area contributed by atoms with Crippen LogP contribution in [0.25, 0.3) is 0 Å². The first-order valence-corrected chi connectivity index (χ1v) is 15.9. The van der Waals surface area contributed by atoms with E-state index in [1.165, 1.54) is 12.5 Å². The number of rotatable bonds is 5. The van der Waals surface area contributed by atoms with Gasteiger partial charge in [-0.1, -0.05) is 0 Å². The van der Waals surface area contributed by atoms with E-state index in [4.69, 9.17) is 9.29 Å². The second-order valence-corrected chi connectivity index (χ2v) is 14.9. The number of carboxylic acid groups (broad SMARTS) is 1. The molecule has 0 aromatic heterocycles. The molecule has 0 aliphatic heterocycles. The first kappa shape index (κ1) is 15.8. The fourth-order valence-electron chi connectivity index (χ4n) is 0.904. The van der Waals surface area contributed by atoms with Gasteiger partial charge in [0.05, 0.1) is 0 Å². The summed E-state index contributed by atoms with van der Waals surface area (Å²) >= 11 is -0.931. The van der Waals surface area contributed by atoms with Crippen LogP contribution in [0.2, 0.25) is 3.93 Å². The molecule has 1 aromatic rings. The third kappa shape index (κ3) is 5.59. The molecule has 3 nitrogen and oxygen atoms in total. The van der Waals surface area contributed by atoms with Gasteiger partial charge < -0.3 is 1.43 Å². The van der Waals surface area contributed by atoms with Gasteiger partial charge in [-0.3, -0.25) is 0 Å². The molecule has 15 heavy (non-hydrogen) atoms. The maximum Gasteiger partial charge on any atom is 1.00 e. The summed E-state index contributed by atoms with van der Waals surface area (Å²) in [6.45, 7) is 2.14. The minimum Gasteiger partial charge on any atom is -1.00 e. The molecule has 0 spiro atoms. The van der Waals surface area contributed by atoms with Crippen molar-refractivity contribution >= 4 is 14.5 Å². The number of carboxylic acids is 1. The maximum absolute atomic E-state index is 10.8. The van der Waals surface area contributed by atoms with E-state index < -0.39 is 29.0 Å². The molecule has 0 radical (unpaired) electrons. The molecular formula is C9H11HgNaO3S. The fourth-order valence-corrected chi connectivity index (χ4v) is 5.82. The van der Waals surface area contributed by atoms with E-state index in [-0.39, 0.29) is 36.5 Å². The fraction of sp³-hybridized carbons (Fsp3) is 0.222. The average Bonchev–Trinajstić information content (AvgIpc) is 2.19. The van der Waals surface area contributed by atoms with E-state index >= 15 is 0 Å². The predicted molar refractivity (Wildman–Crippen MR) is 53.2 cm³/mol. The zero-order chi connectivity index (χ0) is 10.4. The van der Waals surface area contributed by atoms with Crippen LogP contribution < -0.4 is 33.7 Å². The van der Waals surface area contributed by atoms with Crippen LogP contribution in [0.1, 0.15) is 18.7 Å². The van der Waals surface area contributed by atoms with Crippen LogP contribution in [0, 0.1) is 0 Å². The van der Waals surface area contributed by atoms with Crippen LogP contribution in [0.5, 0.6) is 5.75 Å². The van der Waals surface area contributed by atoms with E-state index in [9.17, 15) is 4.79 Å². The molecule has 0 saturated heterocycles. The molecule has 6 heteroatoms. The van der Waals surface area contributed by atoms with Gasteiger partial charge in [0.1, 0.15) is 0 Å². The first-order chi connectivity index (χ1) is 6.75. The van der Waals surface area contributed by atoms with E-state index in [0.717, 1.165) is 0 Å². The summed E-state index contributed by atoms with van der Waals surface area (Å²) in [4.78, 5) is 10.8. The van der Waals surface area contributed by atoms with Gasteiger partial charge in [-0.15, -0.1) is 0 Å². The van der Waals surface area contributed by atoms with Gasteiger partial charge in [-0.25, -0.2) is 0 Å². The first-order valence-electron chi connectivity index (χ1n) is 4.37. The number of benzene rings is 1. The Morgan fingerprint density at radius 1 is 1.60 bits per heavy atom. The monoisotopic (exact) mass is 424 g/mol. The van der Waals surface area contributed by atoms with Crippen molar-refractivity contribution < 1.29 is 68.1 Å². The van der Waals surface area contributed by atoms with E-state index in [1.807, 2.05) is 0 Å². The number of carbonyl (C=O) groups is 1. The standard InChI is InChI=1S/C7H6O3S.C2H5.Hg.Na.H/c8-7(9)5-3-1-2-4-6(5)10-11;1-2;;;/h1-4,11H,(H,8,9);1H2,2H3;;;/q;;2*+1;-1/p-1. The van der Waals surface area contributed by atoms with Crippen molar-refractivity contribution in [3.8, 4) is 5.75 Å². The second-order valence-electron chi connectivity index (χ2n) is 2.71. The largest absolute Gasteiger partial charge is 1.00 e. The molecular weight excluding hydrogens is 412 g/mol. The van der Waals surface area contributed by atoms with Gasteiger partial charge in [-0.05, 0) is 0 Å². The summed E-state index contributed by atoms with van der Waals surface area (Å²) in [5, 5.41) is 8.85. The van der Waals surface area contributed by atoms with Crippen LogP contribution in [0.15, 0.2) is 24.3 Å². The Bertz CT molecular complexity index is 327. The minimum atomic E-state index is -0.936. The Hall–Kier alpha value is 0.775. The van der Waals surface area contributed by atoms with E-state index in [0.29, 0.717) is 5.75 Å². The summed E-state index contributed by atoms with van der Waals surface area (Å²) in [5.74, 6) is -0.465. The molecule has 1 rings (SSSR count). The third-order valence-electron chi connectivity index (χ3n) is 1.55. The normalized spacial score (nSPS) is 8.60. The number of hydrogen-bond acceptors (Lipinski definition) is 3. The SMILES string of the molecule is C[CH2][Hg][S]Oc1ccccc1C(=O)O.[H-].[Na+]. The molecule has 0 aliphatic carbocycles. The number of hydrogen-bond donors (Lipinski definition) is 1. The molecule has 74 valence electrons. The van der Waals surface area contributed by atoms with Gasteiger partial charge in [-0.2, -0.15) is 0 Å². The third-order valence-corrected chi connectivity index (χ3v) is 10.5. The Balaban J connectivity index is 0. The molecule has 0 amide bonds. The molecule has 0 aliphatic rings.